The van der Waals surface area contributed by atoms with E-state index in [9.17, 15) is 0 Å². The molecular formula is C19H39NSiTi. The molecule has 0 aromatic heterocycles. The molecule has 1 atom stereocenters. The third-order valence-corrected chi connectivity index (χ3v) is 6.39. The first-order chi connectivity index (χ1) is 9.39. The Kier molecular flexibility index (Phi) is 19.0. The molecule has 0 saturated carbocycles. The van der Waals surface area contributed by atoms with Gasteiger partial charge in [0.1, 0.15) is 0 Å². The molecule has 1 rings (SSSR count). The van der Waals surface area contributed by atoms with E-state index in [1.54, 1.807) is 19.4 Å². The van der Waals surface area contributed by atoms with Crippen LogP contribution in [-0.4, -0.2) is 14.3 Å². The Bertz CT molecular complexity index is 332. The van der Waals surface area contributed by atoms with Crippen molar-refractivity contribution in [3.63, 3.8) is 0 Å². The third-order valence-electron chi connectivity index (χ3n) is 3.51. The van der Waals surface area contributed by atoms with Gasteiger partial charge in [-0.1, -0.05) is 59.7 Å². The van der Waals surface area contributed by atoms with Crippen LogP contribution < -0.4 is 0 Å². The number of hydrogen-bond donors (Lipinski definition) is 0. The summed E-state index contributed by atoms with van der Waals surface area (Å²) in [5, 5.41) is 0.328. The van der Waals surface area contributed by atoms with Gasteiger partial charge in [-0.3, -0.25) is 6.08 Å². The molecule has 0 aromatic rings. The zero-order valence-corrected chi connectivity index (χ0v) is 19.7. The molecule has 0 saturated heterocycles. The van der Waals surface area contributed by atoms with Crippen molar-refractivity contribution in [1.29, 1.82) is 0 Å². The van der Waals surface area contributed by atoms with Crippen molar-refractivity contribution in [3.05, 3.63) is 42.4 Å². The Hall–Kier alpha value is 0.371. The summed E-state index contributed by atoms with van der Waals surface area (Å²) in [6.45, 7) is 29.4. The molecule has 1 N–H and O–H groups in total. The van der Waals surface area contributed by atoms with Gasteiger partial charge in [0.05, 0.1) is 0 Å². The van der Waals surface area contributed by atoms with Gasteiger partial charge in [0.25, 0.3) is 0 Å². The quantitative estimate of drug-likeness (QED) is 0.362. The summed E-state index contributed by atoms with van der Waals surface area (Å²) in [7, 11) is -0.663. The summed E-state index contributed by atoms with van der Waals surface area (Å²) < 4.78 is 0. The van der Waals surface area contributed by atoms with E-state index >= 15 is 0 Å². The van der Waals surface area contributed by atoms with E-state index in [1.165, 1.54) is 11.1 Å². The van der Waals surface area contributed by atoms with Crippen LogP contribution in [-0.2, 0) is 21.7 Å². The molecule has 0 bridgehead atoms. The molecular weight excluding hydrogens is 318 g/mol. The van der Waals surface area contributed by atoms with Gasteiger partial charge in [-0.25, -0.2) is 5.57 Å². The second-order valence-corrected chi connectivity index (χ2v) is 10.1. The van der Waals surface area contributed by atoms with Crippen LogP contribution in [0.5, 0.6) is 0 Å². The van der Waals surface area contributed by atoms with Crippen molar-refractivity contribution in [2.24, 2.45) is 0 Å². The predicted octanol–water partition coefficient (Wildman–Crippen LogP) is 6.85. The zero-order valence-electron chi connectivity index (χ0n) is 17.0. The van der Waals surface area contributed by atoms with Crippen LogP contribution in [0.4, 0.5) is 0 Å². The number of nitrogens with one attached hydrogen (secondary N) is 1. The largest absolute Gasteiger partial charge is 4.00 e. The molecule has 0 aliphatic heterocycles. The summed E-state index contributed by atoms with van der Waals surface area (Å²) in [5.41, 5.74) is 11.1. The summed E-state index contributed by atoms with van der Waals surface area (Å²) in [4.78, 5) is 0. The number of allylic oxidation sites excluding steroid dienone is 4. The Labute approximate surface area is 158 Å². The van der Waals surface area contributed by atoms with Gasteiger partial charge in [-0.05, 0) is 0 Å². The Balaban J connectivity index is -0.000000138. The fourth-order valence-corrected chi connectivity index (χ4v) is 3.41. The maximum absolute atomic E-state index is 6.94. The molecule has 22 heavy (non-hydrogen) atoms. The van der Waals surface area contributed by atoms with E-state index in [-0.39, 0.29) is 27.3 Å². The van der Waals surface area contributed by atoms with E-state index in [0.717, 1.165) is 0 Å². The van der Waals surface area contributed by atoms with Crippen molar-refractivity contribution < 1.29 is 21.7 Å². The van der Waals surface area contributed by atoms with Crippen LogP contribution in [0.2, 0.25) is 18.1 Å². The van der Waals surface area contributed by atoms with Gasteiger partial charge < -0.3 is 19.6 Å². The first-order valence-electron chi connectivity index (χ1n) is 7.86. The van der Waals surface area contributed by atoms with Gasteiger partial charge in [-0.2, -0.15) is 25.0 Å². The average Bonchev–Trinajstić information content (AvgIpc) is 2.57. The molecule has 3 heteroatoms. The summed E-state index contributed by atoms with van der Waals surface area (Å²) >= 11 is 0. The second kappa shape index (κ2) is 13.8. The van der Waals surface area contributed by atoms with Crippen molar-refractivity contribution in [3.8, 4) is 0 Å². The molecule has 0 heterocycles. The van der Waals surface area contributed by atoms with Crippen LogP contribution in [0.25, 0.3) is 5.73 Å². The average molecular weight is 357 g/mol. The maximum Gasteiger partial charge on any atom is 4.00 e. The zero-order chi connectivity index (χ0) is 18.0. The van der Waals surface area contributed by atoms with Crippen LogP contribution in [0, 0.1) is 19.9 Å². The Morgan fingerprint density at radius 3 is 1.36 bits per heavy atom. The summed E-state index contributed by atoms with van der Waals surface area (Å²) in [6.07, 6.45) is 3.63. The monoisotopic (exact) mass is 357 g/mol. The van der Waals surface area contributed by atoms with Gasteiger partial charge in [0.2, 0.25) is 0 Å². The smallest absolute Gasteiger partial charge is 0.673 e. The van der Waals surface area contributed by atoms with E-state index in [1.807, 2.05) is 20.8 Å². The topological polar surface area (TPSA) is 23.8 Å². The minimum absolute atomic E-state index is 0. The van der Waals surface area contributed by atoms with E-state index in [2.05, 4.69) is 60.7 Å². The normalized spacial score (nSPS) is 19.7. The molecule has 0 radical (unpaired) electrons. The van der Waals surface area contributed by atoms with Gasteiger partial charge in [0.15, 0.2) is 0 Å². The van der Waals surface area contributed by atoms with Gasteiger partial charge >= 0.3 is 21.7 Å². The second-order valence-electron chi connectivity index (χ2n) is 6.61. The van der Waals surface area contributed by atoms with E-state index < -0.39 is 8.80 Å². The molecule has 1 aliphatic rings. The molecule has 0 spiro atoms. The molecule has 1 unspecified atom stereocenters. The fourth-order valence-electron chi connectivity index (χ4n) is 1.83. The SMILES string of the molecule is CC(C)(C)[NH-].CC1=[C-]C(C)([SiH](C)C)C(C)=C1C.[CH2-]C.[CH2-]C.[Ti+4]. The van der Waals surface area contributed by atoms with Crippen molar-refractivity contribution in [2.45, 2.75) is 86.0 Å². The van der Waals surface area contributed by atoms with Crippen LogP contribution in [0.1, 0.15) is 62.3 Å². The van der Waals surface area contributed by atoms with Crippen molar-refractivity contribution >= 4 is 8.80 Å². The molecule has 0 amide bonds. The van der Waals surface area contributed by atoms with Crippen molar-refractivity contribution in [1.82, 2.24) is 0 Å². The van der Waals surface area contributed by atoms with Crippen LogP contribution in [0.15, 0.2) is 16.7 Å². The first-order valence-corrected chi connectivity index (χ1v) is 10.7. The number of hydrogen-bond acceptors (Lipinski definition) is 0. The van der Waals surface area contributed by atoms with Gasteiger partial charge in [-0.15, -0.1) is 12.5 Å². The van der Waals surface area contributed by atoms with Crippen molar-refractivity contribution in [2.75, 3.05) is 0 Å². The Morgan fingerprint density at radius 1 is 1.00 bits per heavy atom. The maximum atomic E-state index is 6.94. The summed E-state index contributed by atoms with van der Waals surface area (Å²) in [5.74, 6) is 0. The van der Waals surface area contributed by atoms with Crippen LogP contribution >= 0.6 is 0 Å². The molecule has 1 nitrogen and oxygen atoms in total. The van der Waals surface area contributed by atoms with Gasteiger partial charge in [0, 0.05) is 8.80 Å². The molecule has 128 valence electrons. The Morgan fingerprint density at radius 2 is 1.27 bits per heavy atom. The fraction of sp³-hybridized carbons (Fsp3) is 0.684. The summed E-state index contributed by atoms with van der Waals surface area (Å²) in [6, 6.07) is 0. The first kappa shape index (κ1) is 30.3. The standard InChI is InChI=1S/C11H19Si.C4H10N.2C2H5.Ti/c1-8-7-11(4,12(5)6)10(3)9(8)2;1-4(2,3)5;2*1-2;/h12H,1-6H3;5H,1-3H3;2*1H2,2H3;/q4*-1;+4. The third kappa shape index (κ3) is 11.9. The van der Waals surface area contributed by atoms with E-state index in [4.69, 9.17) is 5.73 Å². The predicted molar refractivity (Wildman–Crippen MR) is 104 cm³/mol. The minimum Gasteiger partial charge on any atom is -0.673 e. The van der Waals surface area contributed by atoms with Crippen LogP contribution in [0.3, 0.4) is 0 Å². The molecule has 0 fully saturated rings. The minimum atomic E-state index is -0.663. The molecule has 1 aliphatic carbocycles. The number of rotatable bonds is 1. The van der Waals surface area contributed by atoms with E-state index in [0.29, 0.717) is 5.04 Å². The molecule has 0 aromatic carbocycles.